The number of benzene rings is 1. The van der Waals surface area contributed by atoms with E-state index < -0.39 is 5.82 Å². The zero-order valence-corrected chi connectivity index (χ0v) is 17.9. The Morgan fingerprint density at radius 2 is 1.84 bits per heavy atom. The molecule has 1 aromatic carbocycles. The monoisotopic (exact) mass is 439 g/mol. The molecule has 0 bridgehead atoms. The lowest BCUT2D eigenvalue weighted by molar-refractivity contribution is 0.342. The van der Waals surface area contributed by atoms with E-state index in [1.807, 2.05) is 0 Å². The number of halogens is 1. The van der Waals surface area contributed by atoms with Gasteiger partial charge < -0.3 is 18.4 Å². The summed E-state index contributed by atoms with van der Waals surface area (Å²) in [6.07, 6.45) is 3.37. The molecular weight excluding hydrogens is 417 g/mol. The molecule has 0 unspecified atom stereocenters. The van der Waals surface area contributed by atoms with Gasteiger partial charge in [0.25, 0.3) is 11.4 Å². The number of methoxy groups -OCH3 is 1. The predicted molar refractivity (Wildman–Crippen MR) is 113 cm³/mol. The molecule has 0 aliphatic carbocycles. The van der Waals surface area contributed by atoms with E-state index in [4.69, 9.17) is 13.8 Å². The summed E-state index contributed by atoms with van der Waals surface area (Å²) in [7, 11) is 1.39. The molecule has 32 heavy (non-hydrogen) atoms. The van der Waals surface area contributed by atoms with Crippen molar-refractivity contribution in [3.05, 3.63) is 64.4 Å². The number of pyridine rings is 1. The first-order valence-corrected chi connectivity index (χ1v) is 10.2. The predicted octanol–water partition coefficient (Wildman–Crippen LogP) is 4.05. The first kappa shape index (κ1) is 21.4. The molecular formula is C22H22FN5O4. The first-order chi connectivity index (χ1) is 15.5. The number of aromatic nitrogens is 5. The van der Waals surface area contributed by atoms with Crippen LogP contribution in [0.1, 0.15) is 44.3 Å². The van der Waals surface area contributed by atoms with Gasteiger partial charge in [0.2, 0.25) is 11.7 Å². The van der Waals surface area contributed by atoms with Crippen LogP contribution in [0.3, 0.4) is 0 Å². The van der Waals surface area contributed by atoms with Crippen LogP contribution in [0, 0.1) is 5.82 Å². The Bertz CT molecular complexity index is 1280. The Morgan fingerprint density at radius 3 is 2.56 bits per heavy atom. The van der Waals surface area contributed by atoms with Crippen molar-refractivity contribution in [1.29, 1.82) is 0 Å². The SMILES string of the molecule is CCC(CC)c1nc(Cn2cc(-c3nc(-c4ccc(OC)c(F)c4)no3)ccc2=O)no1. The molecule has 0 aliphatic heterocycles. The number of rotatable bonds is 8. The zero-order chi connectivity index (χ0) is 22.7. The third kappa shape index (κ3) is 4.29. The lowest BCUT2D eigenvalue weighted by Gasteiger charge is -2.05. The smallest absolute Gasteiger partial charge is 0.259 e. The molecule has 0 aliphatic rings. The van der Waals surface area contributed by atoms with Gasteiger partial charge in [-0.25, -0.2) is 4.39 Å². The molecule has 0 spiro atoms. The molecule has 4 rings (SSSR count). The highest BCUT2D eigenvalue weighted by atomic mass is 19.1. The fraction of sp³-hybridized carbons (Fsp3) is 0.318. The molecule has 0 radical (unpaired) electrons. The minimum absolute atomic E-state index is 0.123. The molecule has 0 saturated carbocycles. The summed E-state index contributed by atoms with van der Waals surface area (Å²) in [6.45, 7) is 4.26. The topological polar surface area (TPSA) is 109 Å². The standard InChI is InChI=1S/C22H22FN5O4/c1-4-13(5-2)21-24-18(26-31-21)12-28-11-15(7-9-19(28)29)22-25-20(27-32-22)14-6-8-17(30-3)16(23)10-14/h6-11,13H,4-5,12H2,1-3H3. The Morgan fingerprint density at radius 1 is 1.06 bits per heavy atom. The van der Waals surface area contributed by atoms with E-state index >= 15 is 0 Å². The van der Waals surface area contributed by atoms with E-state index in [2.05, 4.69) is 34.1 Å². The summed E-state index contributed by atoms with van der Waals surface area (Å²) >= 11 is 0. The third-order valence-corrected chi connectivity index (χ3v) is 5.20. The quantitative estimate of drug-likeness (QED) is 0.405. The molecule has 10 heteroatoms. The Balaban J connectivity index is 1.58. The fourth-order valence-electron chi connectivity index (χ4n) is 3.33. The average molecular weight is 439 g/mol. The van der Waals surface area contributed by atoms with Crippen LogP contribution >= 0.6 is 0 Å². The van der Waals surface area contributed by atoms with Gasteiger partial charge in [-0.15, -0.1) is 0 Å². The third-order valence-electron chi connectivity index (χ3n) is 5.20. The van der Waals surface area contributed by atoms with Crippen LogP contribution in [0.15, 0.2) is 50.4 Å². The normalized spacial score (nSPS) is 11.3. The van der Waals surface area contributed by atoms with Gasteiger partial charge in [0.15, 0.2) is 17.4 Å². The van der Waals surface area contributed by atoms with Gasteiger partial charge in [-0.2, -0.15) is 9.97 Å². The van der Waals surface area contributed by atoms with Gasteiger partial charge in [0.05, 0.1) is 19.2 Å². The number of nitrogens with zero attached hydrogens (tertiary/aromatic N) is 5. The summed E-state index contributed by atoms with van der Waals surface area (Å²) < 4.78 is 31.0. The molecule has 0 N–H and O–H groups in total. The molecule has 166 valence electrons. The number of hydrogen-bond donors (Lipinski definition) is 0. The van der Waals surface area contributed by atoms with Crippen molar-refractivity contribution in [2.45, 2.75) is 39.2 Å². The molecule has 0 fully saturated rings. The van der Waals surface area contributed by atoms with Crippen molar-refractivity contribution in [3.63, 3.8) is 0 Å². The van der Waals surface area contributed by atoms with Crippen molar-refractivity contribution >= 4 is 0 Å². The van der Waals surface area contributed by atoms with Crippen LogP contribution in [0.25, 0.3) is 22.8 Å². The molecule has 0 atom stereocenters. The highest BCUT2D eigenvalue weighted by molar-refractivity contribution is 5.60. The van der Waals surface area contributed by atoms with E-state index in [1.54, 1.807) is 18.3 Å². The summed E-state index contributed by atoms with van der Waals surface area (Å²) in [5.74, 6) is 1.17. The molecule has 3 heterocycles. The van der Waals surface area contributed by atoms with Gasteiger partial charge in [-0.3, -0.25) is 4.79 Å². The lowest BCUT2D eigenvalue weighted by Crippen LogP contribution is -2.19. The van der Waals surface area contributed by atoms with Crippen molar-refractivity contribution in [1.82, 2.24) is 24.8 Å². The highest BCUT2D eigenvalue weighted by Gasteiger charge is 2.17. The van der Waals surface area contributed by atoms with Crippen molar-refractivity contribution < 1.29 is 18.2 Å². The van der Waals surface area contributed by atoms with Crippen LogP contribution in [0.5, 0.6) is 5.75 Å². The Kier molecular flexibility index (Phi) is 6.11. The summed E-state index contributed by atoms with van der Waals surface area (Å²) in [5.41, 5.74) is 0.730. The van der Waals surface area contributed by atoms with E-state index in [-0.39, 0.29) is 35.5 Å². The fourth-order valence-corrected chi connectivity index (χ4v) is 3.33. The van der Waals surface area contributed by atoms with Crippen LogP contribution in [-0.2, 0) is 6.54 Å². The second-order valence-electron chi connectivity index (χ2n) is 7.22. The van der Waals surface area contributed by atoms with Crippen LogP contribution in [-0.4, -0.2) is 32.0 Å². The molecule has 0 amide bonds. The average Bonchev–Trinajstić information content (AvgIpc) is 3.46. The van der Waals surface area contributed by atoms with Crippen LogP contribution in [0.2, 0.25) is 0 Å². The molecule has 3 aromatic heterocycles. The minimum atomic E-state index is -0.530. The van der Waals surface area contributed by atoms with E-state index in [0.29, 0.717) is 22.8 Å². The van der Waals surface area contributed by atoms with Crippen LogP contribution in [0.4, 0.5) is 4.39 Å². The zero-order valence-electron chi connectivity index (χ0n) is 17.9. The van der Waals surface area contributed by atoms with Gasteiger partial charge in [-0.1, -0.05) is 24.2 Å². The second-order valence-corrected chi connectivity index (χ2v) is 7.22. The minimum Gasteiger partial charge on any atom is -0.494 e. The molecule has 0 saturated heterocycles. The van der Waals surface area contributed by atoms with Crippen molar-refractivity contribution in [2.24, 2.45) is 0 Å². The van der Waals surface area contributed by atoms with Gasteiger partial charge in [0.1, 0.15) is 0 Å². The maximum Gasteiger partial charge on any atom is 0.259 e. The second kappa shape index (κ2) is 9.13. The summed E-state index contributed by atoms with van der Waals surface area (Å²) in [5, 5.41) is 7.91. The molecule has 9 nitrogen and oxygen atoms in total. The maximum atomic E-state index is 14.0. The largest absolute Gasteiger partial charge is 0.494 e. The van der Waals surface area contributed by atoms with E-state index in [0.717, 1.165) is 12.8 Å². The van der Waals surface area contributed by atoms with Crippen molar-refractivity contribution in [2.75, 3.05) is 7.11 Å². The van der Waals surface area contributed by atoms with Gasteiger partial charge in [-0.05, 0) is 37.1 Å². The van der Waals surface area contributed by atoms with E-state index in [9.17, 15) is 9.18 Å². The van der Waals surface area contributed by atoms with Crippen molar-refractivity contribution in [3.8, 4) is 28.6 Å². The molecule has 4 aromatic rings. The number of hydrogen-bond acceptors (Lipinski definition) is 8. The summed E-state index contributed by atoms with van der Waals surface area (Å²) in [6, 6.07) is 7.36. The van der Waals surface area contributed by atoms with Crippen LogP contribution < -0.4 is 10.3 Å². The van der Waals surface area contributed by atoms with E-state index in [1.165, 1.54) is 29.9 Å². The van der Waals surface area contributed by atoms with Gasteiger partial charge >= 0.3 is 0 Å². The Hall–Kier alpha value is -3.82. The first-order valence-electron chi connectivity index (χ1n) is 10.2. The number of ether oxygens (including phenoxy) is 1. The van der Waals surface area contributed by atoms with Gasteiger partial charge in [0, 0.05) is 23.7 Å². The highest BCUT2D eigenvalue weighted by Crippen LogP contribution is 2.26. The Labute approximate surface area is 182 Å². The lowest BCUT2D eigenvalue weighted by atomic mass is 10.0. The summed E-state index contributed by atoms with van der Waals surface area (Å²) in [4.78, 5) is 21.1. The maximum absolute atomic E-state index is 14.0.